The van der Waals surface area contributed by atoms with E-state index in [0.717, 1.165) is 53.9 Å². The first-order chi connectivity index (χ1) is 13.8. The first kappa shape index (κ1) is 16.8. The minimum absolute atomic E-state index is 0.317. The number of nitrogens with zero attached hydrogens (tertiary/aromatic N) is 6. The van der Waals surface area contributed by atoms with Crippen molar-refractivity contribution in [2.45, 2.75) is 13.0 Å². The predicted octanol–water partition coefficient (Wildman–Crippen LogP) is 3.16. The van der Waals surface area contributed by atoms with Gasteiger partial charge in [0.1, 0.15) is 0 Å². The van der Waals surface area contributed by atoms with Crippen LogP contribution < -0.4 is 10.2 Å². The summed E-state index contributed by atoms with van der Waals surface area (Å²) in [5, 5.41) is 11.1. The van der Waals surface area contributed by atoms with E-state index < -0.39 is 5.82 Å². The van der Waals surface area contributed by atoms with E-state index in [9.17, 15) is 4.39 Å². The summed E-state index contributed by atoms with van der Waals surface area (Å²) in [6.07, 6.45) is 8.56. The second-order valence-corrected chi connectivity index (χ2v) is 7.37. The van der Waals surface area contributed by atoms with Crippen molar-refractivity contribution in [3.05, 3.63) is 59.4 Å². The van der Waals surface area contributed by atoms with E-state index in [1.165, 1.54) is 5.56 Å². The van der Waals surface area contributed by atoms with E-state index in [4.69, 9.17) is 4.98 Å². The van der Waals surface area contributed by atoms with Gasteiger partial charge in [-0.3, -0.25) is 10.1 Å². The van der Waals surface area contributed by atoms with E-state index in [-0.39, 0.29) is 0 Å². The van der Waals surface area contributed by atoms with Crippen LogP contribution in [0.25, 0.3) is 11.3 Å². The molecule has 5 rings (SSSR count). The number of nitrogens with one attached hydrogen (secondary N) is 2. The number of H-pyrrole nitrogens is 1. The third-order valence-corrected chi connectivity index (χ3v) is 5.47. The van der Waals surface area contributed by atoms with Crippen molar-refractivity contribution in [1.82, 2.24) is 30.1 Å². The van der Waals surface area contributed by atoms with Crippen molar-refractivity contribution in [1.29, 1.82) is 0 Å². The summed E-state index contributed by atoms with van der Waals surface area (Å²) in [5.41, 5.74) is 3.04. The largest absolute Gasteiger partial charge is 0.350 e. The number of hydrogen-bond donors (Lipinski definition) is 2. The zero-order valence-electron chi connectivity index (χ0n) is 14.6. The Morgan fingerprint density at radius 3 is 2.86 bits per heavy atom. The summed E-state index contributed by atoms with van der Waals surface area (Å²) < 4.78 is 13.0. The van der Waals surface area contributed by atoms with E-state index in [2.05, 4.69) is 35.4 Å². The number of hydrogen-bond acceptors (Lipinski definition) is 8. The van der Waals surface area contributed by atoms with Crippen LogP contribution in [0.15, 0.2) is 43.1 Å². The molecule has 1 aliphatic rings. The molecular formula is C18H15FN8S. The maximum absolute atomic E-state index is 13.0. The van der Waals surface area contributed by atoms with Crippen LogP contribution in [0, 0.1) is 5.82 Å². The van der Waals surface area contributed by atoms with Crippen molar-refractivity contribution < 1.29 is 4.39 Å². The average Bonchev–Trinajstić information content (AvgIpc) is 3.32. The van der Waals surface area contributed by atoms with Gasteiger partial charge >= 0.3 is 0 Å². The molecule has 1 aliphatic heterocycles. The molecule has 0 amide bonds. The second-order valence-electron chi connectivity index (χ2n) is 6.29. The van der Waals surface area contributed by atoms with Gasteiger partial charge in [0.25, 0.3) is 0 Å². The topological polar surface area (TPSA) is 95.5 Å². The Morgan fingerprint density at radius 1 is 1.21 bits per heavy atom. The van der Waals surface area contributed by atoms with Gasteiger partial charge in [-0.05, 0) is 17.7 Å². The number of fused-ring (bicyclic) bond motifs is 3. The molecular weight excluding hydrogens is 379 g/mol. The molecule has 4 aromatic heterocycles. The molecule has 5 heterocycles. The summed E-state index contributed by atoms with van der Waals surface area (Å²) in [6.45, 7) is 1.58. The van der Waals surface area contributed by atoms with Gasteiger partial charge in [0.2, 0.25) is 5.95 Å². The molecule has 0 bridgehead atoms. The molecule has 140 valence electrons. The van der Waals surface area contributed by atoms with Gasteiger partial charge in [0.15, 0.2) is 16.8 Å². The standard InChI is InChI=1S/C18H15FN8S/c19-12-7-21-17(22-8-12)25-18-24-15-13-9-23-26-16(13)27(6-3-14(15)28-18)10-11-1-4-20-5-2-11/h1-2,4-5,7-9H,3,6,10H2,(H,23,26)(H,21,22,24,25). The highest BCUT2D eigenvalue weighted by Gasteiger charge is 2.26. The smallest absolute Gasteiger partial charge is 0.229 e. The van der Waals surface area contributed by atoms with Crippen LogP contribution in [-0.2, 0) is 13.0 Å². The number of thiazole rings is 1. The van der Waals surface area contributed by atoms with Gasteiger partial charge in [-0.1, -0.05) is 0 Å². The normalized spacial score (nSPS) is 13.0. The third-order valence-electron chi connectivity index (χ3n) is 4.44. The number of pyridine rings is 1. The summed E-state index contributed by atoms with van der Waals surface area (Å²) in [4.78, 5) is 20.1. The molecule has 28 heavy (non-hydrogen) atoms. The minimum atomic E-state index is -0.474. The zero-order valence-corrected chi connectivity index (χ0v) is 15.4. The fraction of sp³-hybridized carbons (Fsp3) is 0.167. The van der Waals surface area contributed by atoms with Crippen LogP contribution in [0.5, 0.6) is 0 Å². The highest BCUT2D eigenvalue weighted by Crippen LogP contribution is 2.39. The van der Waals surface area contributed by atoms with E-state index in [1.54, 1.807) is 23.7 Å². The fourth-order valence-corrected chi connectivity index (χ4v) is 4.12. The van der Waals surface area contributed by atoms with E-state index in [1.807, 2.05) is 18.3 Å². The third kappa shape index (κ3) is 3.18. The lowest BCUT2D eigenvalue weighted by Crippen LogP contribution is -2.25. The lowest BCUT2D eigenvalue weighted by Gasteiger charge is -2.21. The number of anilines is 3. The molecule has 0 saturated carbocycles. The molecule has 0 aromatic carbocycles. The number of rotatable bonds is 4. The average molecular weight is 394 g/mol. The second kappa shape index (κ2) is 6.97. The van der Waals surface area contributed by atoms with E-state index in [0.29, 0.717) is 11.1 Å². The molecule has 0 atom stereocenters. The maximum atomic E-state index is 13.0. The SMILES string of the molecule is Fc1cnc(Nc2nc3c(s2)CCN(Cc2ccncc2)c2n[nH]cc2-3)nc1. The summed E-state index contributed by atoms with van der Waals surface area (Å²) >= 11 is 1.55. The van der Waals surface area contributed by atoms with Gasteiger partial charge in [-0.15, -0.1) is 11.3 Å². The summed E-state index contributed by atoms with van der Waals surface area (Å²) in [7, 11) is 0. The predicted molar refractivity (Wildman–Crippen MR) is 104 cm³/mol. The molecule has 0 unspecified atom stereocenters. The molecule has 10 heteroatoms. The lowest BCUT2D eigenvalue weighted by atomic mass is 10.2. The monoisotopic (exact) mass is 394 g/mol. The molecule has 0 aliphatic carbocycles. The molecule has 8 nitrogen and oxygen atoms in total. The number of aromatic nitrogens is 6. The Labute approximate surface area is 163 Å². The highest BCUT2D eigenvalue weighted by molar-refractivity contribution is 7.16. The van der Waals surface area contributed by atoms with Gasteiger partial charge in [-0.25, -0.2) is 19.3 Å². The van der Waals surface area contributed by atoms with Crippen LogP contribution >= 0.6 is 11.3 Å². The van der Waals surface area contributed by atoms with Crippen molar-refractivity contribution >= 4 is 28.2 Å². The van der Waals surface area contributed by atoms with Gasteiger partial charge in [0, 0.05) is 43.0 Å². The molecule has 4 aromatic rings. The first-order valence-electron chi connectivity index (χ1n) is 8.68. The fourth-order valence-electron chi connectivity index (χ4n) is 3.16. The number of halogens is 1. The van der Waals surface area contributed by atoms with Gasteiger partial charge < -0.3 is 10.2 Å². The molecule has 0 spiro atoms. The summed E-state index contributed by atoms with van der Waals surface area (Å²) in [6, 6.07) is 4.02. The number of aromatic amines is 1. The molecule has 0 saturated heterocycles. The Morgan fingerprint density at radius 2 is 2.04 bits per heavy atom. The molecule has 0 fully saturated rings. The minimum Gasteiger partial charge on any atom is -0.350 e. The molecule has 2 N–H and O–H groups in total. The van der Waals surface area contributed by atoms with Crippen molar-refractivity contribution in [2.24, 2.45) is 0 Å². The van der Waals surface area contributed by atoms with Crippen molar-refractivity contribution in [3.8, 4) is 11.3 Å². The van der Waals surface area contributed by atoms with Gasteiger partial charge in [-0.2, -0.15) is 5.10 Å². The van der Waals surface area contributed by atoms with Crippen LogP contribution in [0.4, 0.5) is 21.3 Å². The quantitative estimate of drug-likeness (QED) is 0.549. The van der Waals surface area contributed by atoms with Crippen LogP contribution in [-0.4, -0.2) is 36.7 Å². The van der Waals surface area contributed by atoms with Crippen molar-refractivity contribution in [3.63, 3.8) is 0 Å². The zero-order chi connectivity index (χ0) is 18.9. The molecule has 0 radical (unpaired) electrons. The van der Waals surface area contributed by atoms with Crippen LogP contribution in [0.1, 0.15) is 10.4 Å². The van der Waals surface area contributed by atoms with E-state index >= 15 is 0 Å². The summed E-state index contributed by atoms with van der Waals surface area (Å²) in [5.74, 6) is 0.722. The Bertz CT molecular complexity index is 1090. The Hall–Kier alpha value is -3.40. The van der Waals surface area contributed by atoms with Crippen molar-refractivity contribution in [2.75, 3.05) is 16.8 Å². The first-order valence-corrected chi connectivity index (χ1v) is 9.50. The Kier molecular flexibility index (Phi) is 4.17. The highest BCUT2D eigenvalue weighted by atomic mass is 32.1. The van der Waals surface area contributed by atoms with Gasteiger partial charge in [0.05, 0.1) is 23.7 Å². The van der Waals surface area contributed by atoms with Crippen LogP contribution in [0.2, 0.25) is 0 Å². The van der Waals surface area contributed by atoms with Crippen LogP contribution in [0.3, 0.4) is 0 Å². The maximum Gasteiger partial charge on any atom is 0.229 e. The Balaban J connectivity index is 1.44. The lowest BCUT2D eigenvalue weighted by molar-refractivity contribution is 0.614.